The van der Waals surface area contributed by atoms with E-state index in [9.17, 15) is 9.18 Å². The van der Waals surface area contributed by atoms with Crippen LogP contribution in [0.5, 0.6) is 0 Å². The van der Waals surface area contributed by atoms with Crippen molar-refractivity contribution in [2.75, 3.05) is 6.54 Å². The highest BCUT2D eigenvalue weighted by Crippen LogP contribution is 2.22. The van der Waals surface area contributed by atoms with Gasteiger partial charge in [-0.25, -0.2) is 9.37 Å². The maximum atomic E-state index is 13.7. The van der Waals surface area contributed by atoms with Gasteiger partial charge in [0.15, 0.2) is 0 Å². The molecule has 1 aromatic heterocycles. The quantitative estimate of drug-likeness (QED) is 0.869. The van der Waals surface area contributed by atoms with Crippen LogP contribution in [0.25, 0.3) is 10.9 Å². The normalized spacial score (nSPS) is 19.6. The number of benzene rings is 1. The van der Waals surface area contributed by atoms with E-state index >= 15 is 0 Å². The Morgan fingerprint density at radius 3 is 2.96 bits per heavy atom. The minimum Gasteiger partial charge on any atom is -0.299 e. The SMILES string of the molecule is CC(C)N1CCCCC1CCn1cnc2c(F)cccc2c1=O. The average Bonchev–Trinajstić information content (AvgIpc) is 2.55. The second-order valence-electron chi connectivity index (χ2n) is 6.65. The summed E-state index contributed by atoms with van der Waals surface area (Å²) in [5.74, 6) is -0.440. The first-order chi connectivity index (χ1) is 11.1. The fraction of sp³-hybridized carbons (Fsp3) is 0.556. The molecule has 0 N–H and O–H groups in total. The van der Waals surface area contributed by atoms with Crippen LogP contribution in [-0.2, 0) is 6.54 Å². The van der Waals surface area contributed by atoms with Gasteiger partial charge in [0.1, 0.15) is 11.3 Å². The van der Waals surface area contributed by atoms with Crippen molar-refractivity contribution in [2.24, 2.45) is 0 Å². The van der Waals surface area contributed by atoms with Gasteiger partial charge in [0.05, 0.1) is 11.7 Å². The minimum absolute atomic E-state index is 0.151. The van der Waals surface area contributed by atoms with Crippen LogP contribution in [0.15, 0.2) is 29.3 Å². The molecule has 1 unspecified atom stereocenters. The fourth-order valence-electron chi connectivity index (χ4n) is 3.61. The largest absolute Gasteiger partial charge is 0.299 e. The summed E-state index contributed by atoms with van der Waals surface area (Å²) < 4.78 is 15.3. The Bertz CT molecular complexity index is 741. The predicted molar refractivity (Wildman–Crippen MR) is 90.1 cm³/mol. The molecule has 0 radical (unpaired) electrons. The molecule has 0 spiro atoms. The molecule has 0 amide bonds. The summed E-state index contributed by atoms with van der Waals surface area (Å²) >= 11 is 0. The third-order valence-electron chi connectivity index (χ3n) is 4.84. The molecule has 0 saturated carbocycles. The Kier molecular flexibility index (Phi) is 4.76. The molecular weight excluding hydrogens is 293 g/mol. The first-order valence-electron chi connectivity index (χ1n) is 8.47. The molecule has 4 nitrogen and oxygen atoms in total. The molecule has 23 heavy (non-hydrogen) atoms. The van der Waals surface area contributed by atoms with Crippen LogP contribution < -0.4 is 5.56 Å². The summed E-state index contributed by atoms with van der Waals surface area (Å²) in [6, 6.07) is 5.58. The lowest BCUT2D eigenvalue weighted by molar-refractivity contribution is 0.102. The molecule has 0 bridgehead atoms. The van der Waals surface area contributed by atoms with E-state index in [-0.39, 0.29) is 11.1 Å². The van der Waals surface area contributed by atoms with Gasteiger partial charge < -0.3 is 0 Å². The van der Waals surface area contributed by atoms with Crippen LogP contribution in [0.1, 0.15) is 39.5 Å². The maximum absolute atomic E-state index is 13.7. The molecule has 1 saturated heterocycles. The van der Waals surface area contributed by atoms with Gasteiger partial charge in [0, 0.05) is 18.6 Å². The van der Waals surface area contributed by atoms with E-state index in [0.29, 0.717) is 24.0 Å². The van der Waals surface area contributed by atoms with Gasteiger partial charge >= 0.3 is 0 Å². The molecule has 2 aromatic rings. The fourth-order valence-corrected chi connectivity index (χ4v) is 3.61. The highest BCUT2D eigenvalue weighted by atomic mass is 19.1. The summed E-state index contributed by atoms with van der Waals surface area (Å²) in [7, 11) is 0. The summed E-state index contributed by atoms with van der Waals surface area (Å²) in [6.45, 7) is 6.22. The summed E-state index contributed by atoms with van der Waals surface area (Å²) in [5, 5.41) is 0.358. The van der Waals surface area contributed by atoms with E-state index in [1.807, 2.05) is 0 Å². The van der Waals surface area contributed by atoms with E-state index in [0.717, 1.165) is 13.0 Å². The zero-order valence-corrected chi connectivity index (χ0v) is 13.8. The van der Waals surface area contributed by atoms with Gasteiger partial charge in [-0.15, -0.1) is 0 Å². The Morgan fingerprint density at radius 2 is 2.17 bits per heavy atom. The van der Waals surface area contributed by atoms with Crippen molar-refractivity contribution in [2.45, 2.75) is 58.2 Å². The van der Waals surface area contributed by atoms with Gasteiger partial charge in [-0.05, 0) is 51.8 Å². The lowest BCUT2D eigenvalue weighted by Gasteiger charge is -2.38. The molecule has 2 heterocycles. The standard InChI is InChI=1S/C18H24FN3O/c1-13(2)22-10-4-3-6-14(22)9-11-21-12-20-17-15(18(21)23)7-5-8-16(17)19/h5,7-8,12-14H,3-4,6,9-11H2,1-2H3. The van der Waals surface area contributed by atoms with Crippen molar-refractivity contribution in [1.29, 1.82) is 0 Å². The second-order valence-corrected chi connectivity index (χ2v) is 6.65. The van der Waals surface area contributed by atoms with Gasteiger partial charge in [0.25, 0.3) is 5.56 Å². The van der Waals surface area contributed by atoms with Crippen LogP contribution in [0, 0.1) is 5.82 Å². The number of likely N-dealkylation sites (tertiary alicyclic amines) is 1. The number of hydrogen-bond donors (Lipinski definition) is 0. The van der Waals surface area contributed by atoms with E-state index in [1.54, 1.807) is 16.7 Å². The van der Waals surface area contributed by atoms with Crippen molar-refractivity contribution < 1.29 is 4.39 Å². The summed E-state index contributed by atoms with van der Waals surface area (Å²) in [6.07, 6.45) is 6.11. The topological polar surface area (TPSA) is 38.1 Å². The Labute approximate surface area is 135 Å². The molecule has 5 heteroatoms. The van der Waals surface area contributed by atoms with Crippen LogP contribution in [0.2, 0.25) is 0 Å². The lowest BCUT2D eigenvalue weighted by atomic mass is 9.97. The number of nitrogens with zero attached hydrogens (tertiary/aromatic N) is 3. The molecule has 1 aliphatic rings. The van der Waals surface area contributed by atoms with Crippen molar-refractivity contribution in [1.82, 2.24) is 14.5 Å². The Balaban J connectivity index is 1.79. The van der Waals surface area contributed by atoms with Crippen molar-refractivity contribution >= 4 is 10.9 Å². The van der Waals surface area contributed by atoms with Crippen LogP contribution in [0.4, 0.5) is 4.39 Å². The number of aromatic nitrogens is 2. The van der Waals surface area contributed by atoms with Crippen LogP contribution >= 0.6 is 0 Å². The number of fused-ring (bicyclic) bond motifs is 1. The van der Waals surface area contributed by atoms with E-state index < -0.39 is 5.82 Å². The van der Waals surface area contributed by atoms with E-state index in [1.165, 1.54) is 31.7 Å². The molecule has 3 rings (SSSR count). The van der Waals surface area contributed by atoms with Crippen molar-refractivity contribution in [3.63, 3.8) is 0 Å². The summed E-state index contributed by atoms with van der Waals surface area (Å²) in [5.41, 5.74) is 0.0108. The van der Waals surface area contributed by atoms with Gasteiger partial charge in [0.2, 0.25) is 0 Å². The maximum Gasteiger partial charge on any atom is 0.261 e. The minimum atomic E-state index is -0.440. The van der Waals surface area contributed by atoms with Gasteiger partial charge in [-0.3, -0.25) is 14.3 Å². The molecule has 1 aliphatic heterocycles. The number of hydrogen-bond acceptors (Lipinski definition) is 3. The molecule has 124 valence electrons. The molecule has 1 atom stereocenters. The van der Waals surface area contributed by atoms with Crippen LogP contribution in [-0.4, -0.2) is 33.1 Å². The van der Waals surface area contributed by atoms with Crippen molar-refractivity contribution in [3.8, 4) is 0 Å². The van der Waals surface area contributed by atoms with Gasteiger partial charge in [-0.1, -0.05) is 12.5 Å². The highest BCUT2D eigenvalue weighted by Gasteiger charge is 2.24. The monoisotopic (exact) mass is 317 g/mol. The Hall–Kier alpha value is -1.75. The third kappa shape index (κ3) is 3.29. The number of para-hydroxylation sites is 1. The second kappa shape index (κ2) is 6.79. The predicted octanol–water partition coefficient (Wildman–Crippen LogP) is 3.19. The number of halogens is 1. The summed E-state index contributed by atoms with van der Waals surface area (Å²) in [4.78, 5) is 19.2. The first-order valence-corrected chi connectivity index (χ1v) is 8.47. The van der Waals surface area contributed by atoms with Crippen LogP contribution in [0.3, 0.4) is 0 Å². The molecule has 0 aliphatic carbocycles. The zero-order valence-electron chi connectivity index (χ0n) is 13.8. The first kappa shape index (κ1) is 16.1. The number of piperidine rings is 1. The van der Waals surface area contributed by atoms with Gasteiger partial charge in [-0.2, -0.15) is 0 Å². The van der Waals surface area contributed by atoms with Crippen molar-refractivity contribution in [3.05, 3.63) is 40.7 Å². The lowest BCUT2D eigenvalue weighted by Crippen LogP contribution is -2.44. The third-order valence-corrected chi connectivity index (χ3v) is 4.84. The smallest absolute Gasteiger partial charge is 0.261 e. The average molecular weight is 317 g/mol. The molecular formula is C18H24FN3O. The Morgan fingerprint density at radius 1 is 1.35 bits per heavy atom. The number of aryl methyl sites for hydroxylation is 1. The molecule has 1 fully saturated rings. The van der Waals surface area contributed by atoms with E-state index in [2.05, 4.69) is 23.7 Å². The highest BCUT2D eigenvalue weighted by molar-refractivity contribution is 5.77. The molecule has 1 aromatic carbocycles. The van der Waals surface area contributed by atoms with E-state index in [4.69, 9.17) is 0 Å². The zero-order chi connectivity index (χ0) is 16.4. The number of rotatable bonds is 4.